The van der Waals surface area contributed by atoms with E-state index in [4.69, 9.17) is 0 Å². The molecule has 0 unspecified atom stereocenters. The Labute approximate surface area is 195 Å². The van der Waals surface area contributed by atoms with E-state index in [9.17, 15) is 10.1 Å². The van der Waals surface area contributed by atoms with Crippen molar-refractivity contribution in [1.82, 2.24) is 19.9 Å². The molecule has 0 amide bonds. The molecule has 5 rings (SSSR count). The molecule has 4 aromatic rings. The number of aromatic amines is 1. The summed E-state index contributed by atoms with van der Waals surface area (Å²) in [7, 11) is 0. The van der Waals surface area contributed by atoms with Crippen LogP contribution in [0.15, 0.2) is 53.6 Å². The van der Waals surface area contributed by atoms with Crippen LogP contribution in [-0.4, -0.2) is 44.2 Å². The highest BCUT2D eigenvalue weighted by molar-refractivity contribution is 6.00. The summed E-state index contributed by atoms with van der Waals surface area (Å²) in [6.45, 7) is 3.75. The third-order valence-corrected chi connectivity index (χ3v) is 5.65. The largest absolute Gasteiger partial charge is 0.358 e. The number of nitrogens with one attached hydrogen (secondary N) is 3. The molecule has 172 valence electrons. The Kier molecular flexibility index (Phi) is 5.73. The first-order chi connectivity index (χ1) is 16.6. The second kappa shape index (κ2) is 9.14. The van der Waals surface area contributed by atoms with Gasteiger partial charge in [-0.25, -0.2) is 5.43 Å². The molecular formula is C23H23N9O2. The van der Waals surface area contributed by atoms with Crippen molar-refractivity contribution in [3.8, 4) is 0 Å². The fraction of sp³-hybridized carbons (Fsp3) is 0.217. The second-order valence-electron chi connectivity index (χ2n) is 7.99. The Hall–Kier alpha value is -4.54. The van der Waals surface area contributed by atoms with Crippen LogP contribution in [0.25, 0.3) is 10.9 Å². The highest BCUT2D eigenvalue weighted by Gasteiger charge is 2.18. The lowest BCUT2D eigenvalue weighted by Crippen LogP contribution is -2.21. The van der Waals surface area contributed by atoms with Crippen molar-refractivity contribution < 1.29 is 4.92 Å². The van der Waals surface area contributed by atoms with Gasteiger partial charge in [0.1, 0.15) is 0 Å². The van der Waals surface area contributed by atoms with Gasteiger partial charge in [-0.1, -0.05) is 18.2 Å². The summed E-state index contributed by atoms with van der Waals surface area (Å²) in [5.74, 6) is 1.18. The van der Waals surface area contributed by atoms with E-state index in [1.807, 2.05) is 31.2 Å². The van der Waals surface area contributed by atoms with Gasteiger partial charge >= 0.3 is 0 Å². The molecule has 3 N–H and O–H groups in total. The predicted molar refractivity (Wildman–Crippen MR) is 132 cm³/mol. The third-order valence-electron chi connectivity index (χ3n) is 5.65. The van der Waals surface area contributed by atoms with Gasteiger partial charge in [0.05, 0.1) is 11.1 Å². The number of rotatable bonds is 7. The Bertz CT molecular complexity index is 1360. The van der Waals surface area contributed by atoms with Crippen LogP contribution in [0.4, 0.5) is 29.2 Å². The van der Waals surface area contributed by atoms with Crippen LogP contribution in [0, 0.1) is 17.0 Å². The molecule has 1 fully saturated rings. The van der Waals surface area contributed by atoms with Crippen LogP contribution < -0.4 is 15.6 Å². The molecule has 0 radical (unpaired) electrons. The van der Waals surface area contributed by atoms with Gasteiger partial charge in [-0.2, -0.15) is 20.1 Å². The highest BCUT2D eigenvalue weighted by Crippen LogP contribution is 2.23. The number of non-ortho nitro benzene ring substituents is 1. The third kappa shape index (κ3) is 4.49. The van der Waals surface area contributed by atoms with Crippen molar-refractivity contribution in [2.75, 3.05) is 28.7 Å². The van der Waals surface area contributed by atoms with Gasteiger partial charge in [0.25, 0.3) is 5.69 Å². The molecule has 2 aromatic carbocycles. The van der Waals surface area contributed by atoms with Crippen LogP contribution in [0.3, 0.4) is 0 Å². The maximum absolute atomic E-state index is 10.9. The molecule has 34 heavy (non-hydrogen) atoms. The number of anilines is 4. The van der Waals surface area contributed by atoms with E-state index in [0.29, 0.717) is 23.5 Å². The summed E-state index contributed by atoms with van der Waals surface area (Å²) in [5.41, 5.74) is 6.63. The molecule has 11 nitrogen and oxygen atoms in total. The average Bonchev–Trinajstić information content (AvgIpc) is 3.48. The maximum Gasteiger partial charge on any atom is 0.269 e. The number of benzene rings is 2. The number of para-hydroxylation sites is 1. The van der Waals surface area contributed by atoms with E-state index in [2.05, 4.69) is 40.7 Å². The van der Waals surface area contributed by atoms with Crippen molar-refractivity contribution in [3.05, 3.63) is 69.9 Å². The van der Waals surface area contributed by atoms with Gasteiger partial charge in [0, 0.05) is 53.1 Å². The fourth-order valence-electron chi connectivity index (χ4n) is 3.94. The highest BCUT2D eigenvalue weighted by atomic mass is 16.6. The first-order valence-corrected chi connectivity index (χ1v) is 11.0. The van der Waals surface area contributed by atoms with Crippen LogP contribution in [0.5, 0.6) is 0 Å². The summed E-state index contributed by atoms with van der Waals surface area (Å²) < 4.78 is 0. The van der Waals surface area contributed by atoms with Gasteiger partial charge in [0.2, 0.25) is 17.8 Å². The van der Waals surface area contributed by atoms with Gasteiger partial charge in [-0.3, -0.25) is 10.1 Å². The number of nitro groups is 1. The van der Waals surface area contributed by atoms with E-state index in [1.54, 1.807) is 18.3 Å². The van der Waals surface area contributed by atoms with E-state index < -0.39 is 4.92 Å². The molecule has 0 saturated carbocycles. The standard InChI is InChI=1S/C23H23N9O2/c1-15-19(18-6-2-3-7-20(18)25-15)14-24-30-22-27-21(28-23(29-22)31-12-4-5-13-31)26-16-8-10-17(11-9-16)32(33)34/h2-3,6-11,14,25H,4-5,12-13H2,1H3,(H2,26,27,28,29,30)/b24-14+. The SMILES string of the molecule is Cc1[nH]c2ccccc2c1/C=N/Nc1nc(Nc2ccc([N+](=O)[O-])cc2)nc(N2CCCC2)n1. The van der Waals surface area contributed by atoms with Crippen LogP contribution >= 0.6 is 0 Å². The molecule has 1 aliphatic rings. The monoisotopic (exact) mass is 457 g/mol. The van der Waals surface area contributed by atoms with E-state index >= 15 is 0 Å². The first kappa shape index (κ1) is 21.3. The summed E-state index contributed by atoms with van der Waals surface area (Å²) in [6.07, 6.45) is 3.91. The molecule has 2 aromatic heterocycles. The van der Waals surface area contributed by atoms with Gasteiger partial charge in [0.15, 0.2) is 0 Å². The van der Waals surface area contributed by atoms with E-state index in [0.717, 1.165) is 48.1 Å². The number of nitro benzene ring substituents is 1. The smallest absolute Gasteiger partial charge is 0.269 e. The minimum atomic E-state index is -0.437. The Balaban J connectivity index is 1.40. The number of fused-ring (bicyclic) bond motifs is 1. The fourth-order valence-corrected chi connectivity index (χ4v) is 3.94. The average molecular weight is 457 g/mol. The lowest BCUT2D eigenvalue weighted by atomic mass is 10.1. The molecular weight excluding hydrogens is 434 g/mol. The van der Waals surface area contributed by atoms with Crippen molar-refractivity contribution in [3.63, 3.8) is 0 Å². The number of aryl methyl sites for hydroxylation is 1. The molecule has 3 heterocycles. The zero-order valence-corrected chi connectivity index (χ0v) is 18.5. The Morgan fingerprint density at radius 3 is 2.56 bits per heavy atom. The van der Waals surface area contributed by atoms with Crippen molar-refractivity contribution in [2.45, 2.75) is 19.8 Å². The lowest BCUT2D eigenvalue weighted by Gasteiger charge is -2.16. The van der Waals surface area contributed by atoms with Gasteiger partial charge in [-0.15, -0.1) is 0 Å². The van der Waals surface area contributed by atoms with Crippen molar-refractivity contribution in [1.29, 1.82) is 0 Å². The summed E-state index contributed by atoms with van der Waals surface area (Å²) in [6, 6.07) is 14.1. The summed E-state index contributed by atoms with van der Waals surface area (Å²) in [4.78, 5) is 29.4. The molecule has 0 bridgehead atoms. The van der Waals surface area contributed by atoms with Crippen LogP contribution in [0.2, 0.25) is 0 Å². The summed E-state index contributed by atoms with van der Waals surface area (Å²) >= 11 is 0. The minimum absolute atomic E-state index is 0.0169. The zero-order valence-electron chi connectivity index (χ0n) is 18.5. The first-order valence-electron chi connectivity index (χ1n) is 11.0. The molecule has 0 aliphatic carbocycles. The number of H-pyrrole nitrogens is 1. The Morgan fingerprint density at radius 1 is 1.06 bits per heavy atom. The minimum Gasteiger partial charge on any atom is -0.358 e. The van der Waals surface area contributed by atoms with Gasteiger partial charge in [-0.05, 0) is 38.0 Å². The quantitative estimate of drug-likeness (QED) is 0.211. The van der Waals surface area contributed by atoms with E-state index in [-0.39, 0.29) is 5.69 Å². The number of hydrogen-bond donors (Lipinski definition) is 3. The molecule has 1 saturated heterocycles. The zero-order chi connectivity index (χ0) is 23.5. The number of aromatic nitrogens is 4. The normalized spacial score (nSPS) is 13.6. The van der Waals surface area contributed by atoms with Gasteiger partial charge < -0.3 is 15.2 Å². The van der Waals surface area contributed by atoms with Crippen molar-refractivity contribution in [2.24, 2.45) is 5.10 Å². The van der Waals surface area contributed by atoms with Crippen molar-refractivity contribution >= 4 is 46.3 Å². The lowest BCUT2D eigenvalue weighted by molar-refractivity contribution is -0.384. The van der Waals surface area contributed by atoms with E-state index in [1.165, 1.54) is 12.1 Å². The topological polar surface area (TPSA) is 137 Å². The summed E-state index contributed by atoms with van der Waals surface area (Å²) in [5, 5.41) is 19.5. The molecule has 0 atom stereocenters. The molecule has 11 heteroatoms. The molecule has 1 aliphatic heterocycles. The number of hydrogen-bond acceptors (Lipinski definition) is 9. The predicted octanol–water partition coefficient (Wildman–Crippen LogP) is 4.36. The second-order valence-corrected chi connectivity index (χ2v) is 7.99. The van der Waals surface area contributed by atoms with Crippen LogP contribution in [-0.2, 0) is 0 Å². The number of nitrogens with zero attached hydrogens (tertiary/aromatic N) is 6. The maximum atomic E-state index is 10.9. The van der Waals surface area contributed by atoms with Crippen LogP contribution in [0.1, 0.15) is 24.1 Å². The Morgan fingerprint density at radius 2 is 1.79 bits per heavy atom. The molecule has 0 spiro atoms. The number of hydrazone groups is 1.